The predicted molar refractivity (Wildman–Crippen MR) is 131 cm³/mol. The van der Waals surface area contributed by atoms with Crippen LogP contribution in [0.5, 0.6) is 11.5 Å². The first-order valence-electron chi connectivity index (χ1n) is 10.9. The zero-order chi connectivity index (χ0) is 24.6. The minimum atomic E-state index is -0.862. The van der Waals surface area contributed by atoms with Gasteiger partial charge < -0.3 is 14.6 Å². The molecule has 6 heteroatoms. The highest BCUT2D eigenvalue weighted by atomic mass is 16.5. The Morgan fingerprint density at radius 1 is 0.882 bits per heavy atom. The zero-order valence-corrected chi connectivity index (χ0v) is 19.9. The summed E-state index contributed by atoms with van der Waals surface area (Å²) in [5, 5.41) is 11.4. The molecule has 4 rings (SSSR count). The van der Waals surface area contributed by atoms with Crippen LogP contribution in [-0.4, -0.2) is 31.0 Å². The van der Waals surface area contributed by atoms with Gasteiger partial charge in [-0.3, -0.25) is 14.5 Å². The summed E-state index contributed by atoms with van der Waals surface area (Å²) < 4.78 is 10.8. The molecule has 1 atom stereocenters. The van der Waals surface area contributed by atoms with Gasteiger partial charge in [0.2, 0.25) is 0 Å². The Labute approximate surface area is 199 Å². The molecule has 0 aromatic heterocycles. The van der Waals surface area contributed by atoms with Gasteiger partial charge in [-0.25, -0.2) is 0 Å². The molecule has 1 saturated heterocycles. The van der Waals surface area contributed by atoms with Crippen LogP contribution in [0.4, 0.5) is 5.69 Å². The summed E-state index contributed by atoms with van der Waals surface area (Å²) in [6.45, 7) is 5.69. The quantitative estimate of drug-likeness (QED) is 0.322. The van der Waals surface area contributed by atoms with Crippen molar-refractivity contribution in [2.75, 3.05) is 19.1 Å². The number of para-hydroxylation sites is 1. The van der Waals surface area contributed by atoms with E-state index in [4.69, 9.17) is 9.47 Å². The number of ketones is 1. The standard InChI is InChI=1S/C28H27NO5/c1-16-12-17(2)14-19(13-16)29-25(22-8-6-7-9-23(22)34-5)24(27(31)28(29)32)26(30)21-11-10-20(33-4)15-18(21)3/h6-15,25,30H,1-5H3/b26-24+. The third kappa shape index (κ3) is 3.92. The van der Waals surface area contributed by atoms with Gasteiger partial charge in [0, 0.05) is 16.8 Å². The van der Waals surface area contributed by atoms with Crippen molar-refractivity contribution in [2.45, 2.75) is 26.8 Å². The summed E-state index contributed by atoms with van der Waals surface area (Å²) in [4.78, 5) is 28.3. The maximum Gasteiger partial charge on any atom is 0.300 e. The molecule has 0 spiro atoms. The van der Waals surface area contributed by atoms with Crippen molar-refractivity contribution >= 4 is 23.1 Å². The van der Waals surface area contributed by atoms with Crippen LogP contribution in [0.2, 0.25) is 0 Å². The molecule has 0 radical (unpaired) electrons. The van der Waals surface area contributed by atoms with Crippen molar-refractivity contribution in [1.82, 2.24) is 0 Å². The van der Waals surface area contributed by atoms with Gasteiger partial charge in [0.15, 0.2) is 0 Å². The largest absolute Gasteiger partial charge is 0.507 e. The SMILES string of the molecule is COc1ccc(/C(O)=C2\C(=O)C(=O)N(c3cc(C)cc(C)c3)C2c2ccccc2OC)c(C)c1. The van der Waals surface area contributed by atoms with E-state index in [1.807, 2.05) is 51.1 Å². The van der Waals surface area contributed by atoms with Gasteiger partial charge in [0.05, 0.1) is 25.8 Å². The van der Waals surface area contributed by atoms with Crippen molar-refractivity contribution in [3.8, 4) is 11.5 Å². The van der Waals surface area contributed by atoms with Crippen molar-refractivity contribution in [3.05, 3.63) is 94.1 Å². The Morgan fingerprint density at radius 3 is 2.18 bits per heavy atom. The smallest absolute Gasteiger partial charge is 0.300 e. The van der Waals surface area contributed by atoms with Gasteiger partial charge in [0.1, 0.15) is 17.3 Å². The molecule has 3 aromatic rings. The maximum atomic E-state index is 13.4. The fourth-order valence-corrected chi connectivity index (χ4v) is 4.55. The number of nitrogens with zero attached hydrogens (tertiary/aromatic N) is 1. The van der Waals surface area contributed by atoms with E-state index in [2.05, 4.69) is 0 Å². The minimum Gasteiger partial charge on any atom is -0.507 e. The molecule has 1 aliphatic heterocycles. The first kappa shape index (κ1) is 23.1. The van der Waals surface area contributed by atoms with E-state index in [1.54, 1.807) is 37.4 Å². The first-order chi connectivity index (χ1) is 16.3. The number of rotatable bonds is 5. The number of hydrogen-bond donors (Lipinski definition) is 1. The monoisotopic (exact) mass is 457 g/mol. The molecule has 34 heavy (non-hydrogen) atoms. The third-order valence-corrected chi connectivity index (χ3v) is 6.05. The highest BCUT2D eigenvalue weighted by Gasteiger charge is 2.48. The highest BCUT2D eigenvalue weighted by Crippen LogP contribution is 2.45. The van der Waals surface area contributed by atoms with Gasteiger partial charge in [-0.05, 0) is 73.9 Å². The molecule has 3 aromatic carbocycles. The average molecular weight is 458 g/mol. The van der Waals surface area contributed by atoms with Crippen molar-refractivity contribution in [3.63, 3.8) is 0 Å². The number of hydrogen-bond acceptors (Lipinski definition) is 5. The Hall–Kier alpha value is -4.06. The number of Topliss-reactive ketones (excluding diaryl/α,β-unsaturated/α-hetero) is 1. The average Bonchev–Trinajstić information content (AvgIpc) is 3.08. The molecule has 1 heterocycles. The van der Waals surface area contributed by atoms with Crippen LogP contribution in [-0.2, 0) is 9.59 Å². The second-order valence-electron chi connectivity index (χ2n) is 8.44. The number of carbonyl (C=O) groups excluding carboxylic acids is 2. The highest BCUT2D eigenvalue weighted by molar-refractivity contribution is 6.51. The van der Waals surface area contributed by atoms with Crippen LogP contribution in [0.15, 0.2) is 66.2 Å². The molecule has 0 saturated carbocycles. The van der Waals surface area contributed by atoms with Crippen molar-refractivity contribution in [2.24, 2.45) is 0 Å². The molecular formula is C28H27NO5. The molecule has 6 nitrogen and oxygen atoms in total. The minimum absolute atomic E-state index is 0.0157. The molecule has 1 N–H and O–H groups in total. The second-order valence-corrected chi connectivity index (χ2v) is 8.44. The molecule has 0 aliphatic carbocycles. The summed E-state index contributed by atoms with van der Waals surface area (Å²) in [6, 6.07) is 17.2. The Kier molecular flexibility index (Phi) is 6.16. The van der Waals surface area contributed by atoms with Crippen LogP contribution in [0.3, 0.4) is 0 Å². The lowest BCUT2D eigenvalue weighted by molar-refractivity contribution is -0.132. The van der Waals surface area contributed by atoms with E-state index < -0.39 is 17.7 Å². The number of anilines is 1. The molecule has 0 bridgehead atoms. The lowest BCUT2D eigenvalue weighted by atomic mass is 9.93. The topological polar surface area (TPSA) is 76.1 Å². The number of aliphatic hydroxyl groups is 1. The van der Waals surface area contributed by atoms with Gasteiger partial charge >= 0.3 is 0 Å². The van der Waals surface area contributed by atoms with Crippen LogP contribution < -0.4 is 14.4 Å². The van der Waals surface area contributed by atoms with Crippen LogP contribution in [0.25, 0.3) is 5.76 Å². The lowest BCUT2D eigenvalue weighted by Gasteiger charge is -2.27. The predicted octanol–water partition coefficient (Wildman–Crippen LogP) is 5.26. The fraction of sp³-hybridized carbons (Fsp3) is 0.214. The summed E-state index contributed by atoms with van der Waals surface area (Å²) >= 11 is 0. The molecule has 1 fully saturated rings. The summed E-state index contributed by atoms with van der Waals surface area (Å²) in [7, 11) is 3.10. The van der Waals surface area contributed by atoms with E-state index in [9.17, 15) is 14.7 Å². The van der Waals surface area contributed by atoms with E-state index in [0.717, 1.165) is 11.1 Å². The number of carbonyl (C=O) groups is 2. The molecule has 174 valence electrons. The zero-order valence-electron chi connectivity index (χ0n) is 19.9. The third-order valence-electron chi connectivity index (χ3n) is 6.05. The second kappa shape index (κ2) is 9.06. The fourth-order valence-electron chi connectivity index (χ4n) is 4.55. The molecule has 1 amide bonds. The van der Waals surface area contributed by atoms with Crippen LogP contribution >= 0.6 is 0 Å². The Balaban J connectivity index is 2.01. The van der Waals surface area contributed by atoms with E-state index in [-0.39, 0.29) is 11.3 Å². The van der Waals surface area contributed by atoms with Crippen LogP contribution in [0, 0.1) is 20.8 Å². The normalized spacial score (nSPS) is 17.2. The van der Waals surface area contributed by atoms with Crippen molar-refractivity contribution < 1.29 is 24.2 Å². The summed E-state index contributed by atoms with van der Waals surface area (Å²) in [5.41, 5.74) is 4.30. The van der Waals surface area contributed by atoms with Gasteiger partial charge in [-0.1, -0.05) is 24.3 Å². The van der Waals surface area contributed by atoms with E-state index in [1.165, 1.54) is 12.0 Å². The van der Waals surface area contributed by atoms with Gasteiger partial charge in [-0.15, -0.1) is 0 Å². The van der Waals surface area contributed by atoms with Gasteiger partial charge in [0.25, 0.3) is 11.7 Å². The number of ether oxygens (including phenoxy) is 2. The van der Waals surface area contributed by atoms with Crippen molar-refractivity contribution in [1.29, 1.82) is 0 Å². The number of amides is 1. The number of methoxy groups -OCH3 is 2. The lowest BCUT2D eigenvalue weighted by Crippen LogP contribution is -2.29. The van der Waals surface area contributed by atoms with E-state index >= 15 is 0 Å². The first-order valence-corrected chi connectivity index (χ1v) is 10.9. The number of aliphatic hydroxyl groups excluding tert-OH is 1. The van der Waals surface area contributed by atoms with Crippen LogP contribution in [0.1, 0.15) is 33.9 Å². The summed E-state index contributed by atoms with van der Waals surface area (Å²) in [6.07, 6.45) is 0. The maximum absolute atomic E-state index is 13.4. The number of benzene rings is 3. The molecular weight excluding hydrogens is 430 g/mol. The summed E-state index contributed by atoms with van der Waals surface area (Å²) in [5.74, 6) is -0.537. The molecule has 1 unspecified atom stereocenters. The van der Waals surface area contributed by atoms with E-state index in [0.29, 0.717) is 33.9 Å². The Bertz CT molecular complexity index is 1300. The number of aryl methyl sites for hydroxylation is 3. The van der Waals surface area contributed by atoms with Gasteiger partial charge in [-0.2, -0.15) is 0 Å². The molecule has 1 aliphatic rings. The Morgan fingerprint density at radius 2 is 1.56 bits per heavy atom.